The van der Waals surface area contributed by atoms with E-state index in [2.05, 4.69) is 12.2 Å². The second-order valence-corrected chi connectivity index (χ2v) is 6.38. The molecular formula is C14H21ClN2OS. The zero-order chi connectivity index (χ0) is 13.7. The summed E-state index contributed by atoms with van der Waals surface area (Å²) in [6, 6.07) is 1.80. The maximum Gasteiger partial charge on any atom is 0.265 e. The molecule has 1 fully saturated rings. The number of carbonyl (C=O) groups is 1. The number of amides is 1. The van der Waals surface area contributed by atoms with Crippen LogP contribution in [0.1, 0.15) is 35.9 Å². The number of halogens is 1. The fourth-order valence-electron chi connectivity index (χ4n) is 2.53. The lowest BCUT2D eigenvalue weighted by Gasteiger charge is -2.30. The van der Waals surface area contributed by atoms with Crippen LogP contribution in [-0.4, -0.2) is 37.0 Å². The van der Waals surface area contributed by atoms with E-state index in [0.29, 0.717) is 15.8 Å². The predicted molar refractivity (Wildman–Crippen MR) is 81.1 cm³/mol. The number of nitrogens with zero attached hydrogens (tertiary/aromatic N) is 1. The van der Waals surface area contributed by atoms with Crippen molar-refractivity contribution in [3.63, 3.8) is 0 Å². The number of hydrogen-bond acceptors (Lipinski definition) is 3. The molecule has 1 unspecified atom stereocenters. The maximum absolute atomic E-state index is 12.5. The van der Waals surface area contributed by atoms with Crippen LogP contribution in [0.2, 0.25) is 5.02 Å². The monoisotopic (exact) mass is 300 g/mol. The lowest BCUT2D eigenvalue weighted by molar-refractivity contribution is 0.0724. The van der Waals surface area contributed by atoms with Crippen molar-refractivity contribution in [1.82, 2.24) is 10.2 Å². The van der Waals surface area contributed by atoms with Gasteiger partial charge in [0.05, 0.1) is 5.02 Å². The average molecular weight is 301 g/mol. The highest BCUT2D eigenvalue weighted by Gasteiger charge is 2.23. The van der Waals surface area contributed by atoms with Crippen molar-refractivity contribution in [2.24, 2.45) is 5.92 Å². The van der Waals surface area contributed by atoms with Crippen molar-refractivity contribution in [2.75, 3.05) is 26.2 Å². The van der Waals surface area contributed by atoms with Crippen molar-refractivity contribution < 1.29 is 4.79 Å². The first kappa shape index (κ1) is 14.8. The van der Waals surface area contributed by atoms with Gasteiger partial charge in [0.15, 0.2) is 0 Å². The molecule has 0 spiro atoms. The van der Waals surface area contributed by atoms with E-state index in [1.807, 2.05) is 10.3 Å². The first-order chi connectivity index (χ1) is 9.22. The van der Waals surface area contributed by atoms with Gasteiger partial charge in [-0.25, -0.2) is 0 Å². The van der Waals surface area contributed by atoms with Crippen molar-refractivity contribution in [1.29, 1.82) is 0 Å². The van der Waals surface area contributed by atoms with Crippen LogP contribution < -0.4 is 5.32 Å². The number of thiophene rings is 1. The molecule has 5 heteroatoms. The van der Waals surface area contributed by atoms with Gasteiger partial charge in [0, 0.05) is 13.1 Å². The van der Waals surface area contributed by atoms with Gasteiger partial charge < -0.3 is 10.2 Å². The molecule has 0 aliphatic carbocycles. The Morgan fingerprint density at radius 3 is 3.05 bits per heavy atom. The first-order valence-corrected chi connectivity index (χ1v) is 8.21. The molecule has 106 valence electrons. The van der Waals surface area contributed by atoms with Crippen LogP contribution in [0, 0.1) is 5.92 Å². The SMILES string of the molecule is CCCN(CC1CCCNC1)C(=O)c1sccc1Cl. The van der Waals surface area contributed by atoms with Gasteiger partial charge in [-0.3, -0.25) is 4.79 Å². The van der Waals surface area contributed by atoms with Crippen LogP contribution in [0.25, 0.3) is 0 Å². The van der Waals surface area contributed by atoms with Gasteiger partial charge >= 0.3 is 0 Å². The Morgan fingerprint density at radius 1 is 1.63 bits per heavy atom. The van der Waals surface area contributed by atoms with Gasteiger partial charge in [-0.15, -0.1) is 11.3 Å². The maximum atomic E-state index is 12.5. The second-order valence-electron chi connectivity index (χ2n) is 5.06. The minimum Gasteiger partial charge on any atom is -0.338 e. The molecule has 19 heavy (non-hydrogen) atoms. The summed E-state index contributed by atoms with van der Waals surface area (Å²) in [7, 11) is 0. The third-order valence-corrected chi connectivity index (χ3v) is 4.80. The van der Waals surface area contributed by atoms with Gasteiger partial charge in [-0.2, -0.15) is 0 Å². The summed E-state index contributed by atoms with van der Waals surface area (Å²) in [6.45, 7) is 5.88. The molecular weight excluding hydrogens is 280 g/mol. The molecule has 0 saturated carbocycles. The number of rotatable bonds is 5. The zero-order valence-electron chi connectivity index (χ0n) is 11.3. The van der Waals surface area contributed by atoms with Crippen molar-refractivity contribution in [2.45, 2.75) is 26.2 Å². The summed E-state index contributed by atoms with van der Waals surface area (Å²) in [6.07, 6.45) is 3.39. The van der Waals surface area contributed by atoms with E-state index in [-0.39, 0.29) is 5.91 Å². The molecule has 1 atom stereocenters. The molecule has 2 rings (SSSR count). The standard InChI is InChI=1S/C14H21ClN2OS/c1-2-7-17(10-11-4-3-6-16-9-11)14(18)13-12(15)5-8-19-13/h5,8,11,16H,2-4,6-7,9-10H2,1H3. The summed E-state index contributed by atoms with van der Waals surface area (Å²) in [4.78, 5) is 15.2. The fourth-order valence-corrected chi connectivity index (χ4v) is 3.63. The van der Waals surface area contributed by atoms with Crippen LogP contribution in [0.5, 0.6) is 0 Å². The Morgan fingerprint density at radius 2 is 2.47 bits per heavy atom. The second kappa shape index (κ2) is 7.27. The molecule has 3 nitrogen and oxygen atoms in total. The van der Waals surface area contributed by atoms with Crippen molar-refractivity contribution in [3.05, 3.63) is 21.3 Å². The number of hydrogen-bond donors (Lipinski definition) is 1. The van der Waals surface area contributed by atoms with E-state index >= 15 is 0 Å². The molecule has 1 amide bonds. The molecule has 0 bridgehead atoms. The first-order valence-electron chi connectivity index (χ1n) is 6.95. The summed E-state index contributed by atoms with van der Waals surface area (Å²) >= 11 is 7.51. The molecule has 1 aliphatic rings. The van der Waals surface area contributed by atoms with E-state index in [0.717, 1.165) is 32.6 Å². The molecule has 2 heterocycles. The molecule has 0 aromatic carbocycles. The molecule has 1 aromatic rings. The average Bonchev–Trinajstić information content (AvgIpc) is 2.85. The number of carbonyl (C=O) groups excluding carboxylic acids is 1. The van der Waals surface area contributed by atoms with Gasteiger partial charge in [-0.05, 0) is 49.7 Å². The summed E-state index contributed by atoms with van der Waals surface area (Å²) < 4.78 is 0. The fraction of sp³-hybridized carbons (Fsp3) is 0.643. The summed E-state index contributed by atoms with van der Waals surface area (Å²) in [5.74, 6) is 0.662. The number of nitrogens with one attached hydrogen (secondary N) is 1. The van der Waals surface area contributed by atoms with Gasteiger partial charge in [0.1, 0.15) is 4.88 Å². The summed E-state index contributed by atoms with van der Waals surface area (Å²) in [5, 5.41) is 5.86. The Hall–Kier alpha value is -0.580. The zero-order valence-corrected chi connectivity index (χ0v) is 12.9. The van der Waals surface area contributed by atoms with E-state index in [4.69, 9.17) is 11.6 Å². The minimum atomic E-state index is 0.0902. The number of piperidine rings is 1. The van der Waals surface area contributed by atoms with E-state index in [1.165, 1.54) is 24.2 Å². The molecule has 1 saturated heterocycles. The minimum absolute atomic E-state index is 0.0902. The topological polar surface area (TPSA) is 32.3 Å². The quantitative estimate of drug-likeness (QED) is 0.905. The Balaban J connectivity index is 2.02. The highest BCUT2D eigenvalue weighted by molar-refractivity contribution is 7.12. The third kappa shape index (κ3) is 3.94. The molecule has 1 aliphatic heterocycles. The normalized spacial score (nSPS) is 19.4. The van der Waals surface area contributed by atoms with Crippen molar-refractivity contribution in [3.8, 4) is 0 Å². The van der Waals surface area contributed by atoms with E-state index in [1.54, 1.807) is 6.07 Å². The van der Waals surface area contributed by atoms with Gasteiger partial charge in [-0.1, -0.05) is 18.5 Å². The third-order valence-electron chi connectivity index (χ3n) is 3.47. The van der Waals surface area contributed by atoms with Crippen LogP contribution in [-0.2, 0) is 0 Å². The highest BCUT2D eigenvalue weighted by Crippen LogP contribution is 2.24. The highest BCUT2D eigenvalue weighted by atomic mass is 35.5. The Labute approximate surface area is 123 Å². The molecule has 0 radical (unpaired) electrons. The van der Waals surface area contributed by atoms with Crippen molar-refractivity contribution >= 4 is 28.8 Å². The summed E-state index contributed by atoms with van der Waals surface area (Å²) in [5.41, 5.74) is 0. The smallest absolute Gasteiger partial charge is 0.265 e. The van der Waals surface area contributed by atoms with E-state index < -0.39 is 0 Å². The van der Waals surface area contributed by atoms with Crippen LogP contribution in [0.3, 0.4) is 0 Å². The van der Waals surface area contributed by atoms with E-state index in [9.17, 15) is 4.79 Å². The van der Waals surface area contributed by atoms with Gasteiger partial charge in [0.2, 0.25) is 0 Å². The molecule has 1 aromatic heterocycles. The Kier molecular flexibility index (Phi) is 5.67. The van der Waals surface area contributed by atoms with Gasteiger partial charge in [0.25, 0.3) is 5.91 Å². The van der Waals surface area contributed by atoms with Crippen LogP contribution in [0.15, 0.2) is 11.4 Å². The van der Waals surface area contributed by atoms with Crippen LogP contribution in [0.4, 0.5) is 0 Å². The lowest BCUT2D eigenvalue weighted by atomic mass is 9.99. The Bertz CT molecular complexity index is 415. The van der Waals surface area contributed by atoms with Crippen LogP contribution >= 0.6 is 22.9 Å². The molecule has 1 N–H and O–H groups in total. The lowest BCUT2D eigenvalue weighted by Crippen LogP contribution is -2.41. The largest absolute Gasteiger partial charge is 0.338 e. The predicted octanol–water partition coefficient (Wildman–Crippen LogP) is 3.25.